The molecule has 3 aliphatic rings. The summed E-state index contributed by atoms with van der Waals surface area (Å²) in [6.07, 6.45) is 6.19. The van der Waals surface area contributed by atoms with Gasteiger partial charge in [0.1, 0.15) is 0 Å². The first-order valence-electron chi connectivity index (χ1n) is 9.52. The third-order valence-corrected chi connectivity index (χ3v) is 7.78. The molecular weight excluding hydrogens is 366 g/mol. The quantitative estimate of drug-likeness (QED) is 0.772. The summed E-state index contributed by atoms with van der Waals surface area (Å²) in [4.78, 5) is 17.8. The number of carbonyl (C=O) groups excluding carboxylic acids is 1. The Morgan fingerprint density at radius 1 is 1.19 bits per heavy atom. The second-order valence-electron chi connectivity index (χ2n) is 7.22. The van der Waals surface area contributed by atoms with E-state index in [-0.39, 0.29) is 5.91 Å². The lowest BCUT2D eigenvalue weighted by molar-refractivity contribution is 0.0297. The smallest absolute Gasteiger partial charge is 0.274 e. The standard InChI is InChI=1S/C19H23N3O2S2/c23-19(21-7-9-24-10-8-21)16-14-12-26-15-6-11-25-18(15)17(14)22(20-16)13-4-2-1-3-5-13/h6,11,13H,1-5,7-10,12H2. The van der Waals surface area contributed by atoms with Gasteiger partial charge in [0.15, 0.2) is 5.69 Å². The van der Waals surface area contributed by atoms with Crippen LogP contribution in [0.15, 0.2) is 16.3 Å². The number of fused-ring (bicyclic) bond motifs is 3. The maximum absolute atomic E-state index is 13.2. The molecule has 138 valence electrons. The summed E-state index contributed by atoms with van der Waals surface area (Å²) in [5.74, 6) is 0.928. The summed E-state index contributed by atoms with van der Waals surface area (Å²) in [7, 11) is 0. The molecule has 0 N–H and O–H groups in total. The maximum Gasteiger partial charge on any atom is 0.274 e. The fourth-order valence-electron chi connectivity index (χ4n) is 4.26. The van der Waals surface area contributed by atoms with Crippen LogP contribution < -0.4 is 0 Å². The van der Waals surface area contributed by atoms with Crippen LogP contribution in [0.2, 0.25) is 0 Å². The van der Waals surface area contributed by atoms with E-state index in [1.165, 1.54) is 47.6 Å². The van der Waals surface area contributed by atoms with Gasteiger partial charge in [-0.3, -0.25) is 9.48 Å². The van der Waals surface area contributed by atoms with Crippen molar-refractivity contribution in [1.29, 1.82) is 0 Å². The molecule has 2 fully saturated rings. The summed E-state index contributed by atoms with van der Waals surface area (Å²) >= 11 is 3.62. The second-order valence-corrected chi connectivity index (χ2v) is 9.15. The Bertz CT molecular complexity index is 817. The van der Waals surface area contributed by atoms with Crippen LogP contribution in [0.25, 0.3) is 10.6 Å². The monoisotopic (exact) mass is 389 g/mol. The van der Waals surface area contributed by atoms with E-state index in [1.54, 1.807) is 11.3 Å². The van der Waals surface area contributed by atoms with E-state index in [1.807, 2.05) is 16.7 Å². The third-order valence-electron chi connectivity index (χ3n) is 5.65. The number of thioether (sulfide) groups is 1. The average molecular weight is 390 g/mol. The van der Waals surface area contributed by atoms with Gasteiger partial charge in [-0.15, -0.1) is 23.1 Å². The van der Waals surface area contributed by atoms with Gasteiger partial charge in [0.25, 0.3) is 5.91 Å². The molecule has 26 heavy (non-hydrogen) atoms. The Balaban J connectivity index is 1.59. The molecule has 2 aliphatic heterocycles. The van der Waals surface area contributed by atoms with Crippen molar-refractivity contribution in [3.05, 3.63) is 22.7 Å². The minimum atomic E-state index is 0.0831. The Hall–Kier alpha value is -1.31. The number of carbonyl (C=O) groups is 1. The molecule has 5 nitrogen and oxygen atoms in total. The van der Waals surface area contributed by atoms with E-state index in [0.29, 0.717) is 38.0 Å². The van der Waals surface area contributed by atoms with Crippen LogP contribution in [0.4, 0.5) is 0 Å². The van der Waals surface area contributed by atoms with Crippen LogP contribution in [0.5, 0.6) is 0 Å². The molecule has 1 saturated carbocycles. The van der Waals surface area contributed by atoms with Gasteiger partial charge >= 0.3 is 0 Å². The predicted molar refractivity (Wildman–Crippen MR) is 104 cm³/mol. The Morgan fingerprint density at radius 2 is 2.00 bits per heavy atom. The number of morpholine rings is 1. The number of hydrogen-bond acceptors (Lipinski definition) is 5. The van der Waals surface area contributed by atoms with Gasteiger partial charge in [-0.1, -0.05) is 19.3 Å². The van der Waals surface area contributed by atoms with Crippen LogP contribution in [0.1, 0.15) is 54.2 Å². The van der Waals surface area contributed by atoms with E-state index >= 15 is 0 Å². The van der Waals surface area contributed by atoms with Crippen molar-refractivity contribution in [3.8, 4) is 10.6 Å². The molecule has 0 aromatic carbocycles. The van der Waals surface area contributed by atoms with E-state index in [4.69, 9.17) is 9.84 Å². The number of amides is 1. The zero-order valence-electron chi connectivity index (χ0n) is 14.8. The van der Waals surface area contributed by atoms with Crippen molar-refractivity contribution in [2.45, 2.75) is 48.8 Å². The first kappa shape index (κ1) is 16.8. The highest BCUT2D eigenvalue weighted by Crippen LogP contribution is 2.47. The fourth-order valence-corrected chi connectivity index (χ4v) is 6.48. The Labute approximate surface area is 161 Å². The van der Waals surface area contributed by atoms with Gasteiger partial charge in [0.05, 0.1) is 29.8 Å². The fraction of sp³-hybridized carbons (Fsp3) is 0.579. The molecule has 7 heteroatoms. The van der Waals surface area contributed by atoms with Gasteiger partial charge in [-0.25, -0.2) is 0 Å². The SMILES string of the molecule is O=C(c1nn(C2CCCCC2)c2c1CSc1ccsc1-2)N1CCOCC1. The predicted octanol–water partition coefficient (Wildman–Crippen LogP) is 4.19. The topological polar surface area (TPSA) is 47.4 Å². The third kappa shape index (κ3) is 2.80. The molecule has 2 aromatic heterocycles. The number of hydrogen-bond donors (Lipinski definition) is 0. The molecule has 2 aromatic rings. The van der Waals surface area contributed by atoms with Gasteiger partial charge in [0, 0.05) is 29.3 Å². The zero-order valence-corrected chi connectivity index (χ0v) is 16.4. The van der Waals surface area contributed by atoms with Crippen molar-refractivity contribution in [1.82, 2.24) is 14.7 Å². The molecule has 0 unspecified atom stereocenters. The van der Waals surface area contributed by atoms with Gasteiger partial charge < -0.3 is 9.64 Å². The van der Waals surface area contributed by atoms with Crippen LogP contribution in [-0.2, 0) is 10.5 Å². The first-order valence-corrected chi connectivity index (χ1v) is 11.4. The molecule has 5 rings (SSSR count). The molecule has 0 spiro atoms. The molecule has 1 saturated heterocycles. The van der Waals surface area contributed by atoms with Crippen LogP contribution in [-0.4, -0.2) is 46.9 Å². The van der Waals surface area contributed by atoms with Crippen LogP contribution >= 0.6 is 23.1 Å². The summed E-state index contributed by atoms with van der Waals surface area (Å²) in [6.45, 7) is 2.59. The van der Waals surface area contributed by atoms with Crippen molar-refractivity contribution in [2.75, 3.05) is 26.3 Å². The molecule has 0 atom stereocenters. The Kier molecular flexibility index (Phi) is 4.54. The lowest BCUT2D eigenvalue weighted by Crippen LogP contribution is -2.41. The van der Waals surface area contributed by atoms with Gasteiger partial charge in [0.2, 0.25) is 0 Å². The largest absolute Gasteiger partial charge is 0.378 e. The van der Waals surface area contributed by atoms with Crippen LogP contribution in [0, 0.1) is 0 Å². The van der Waals surface area contributed by atoms with E-state index < -0.39 is 0 Å². The van der Waals surface area contributed by atoms with Crippen molar-refractivity contribution in [2.24, 2.45) is 0 Å². The minimum Gasteiger partial charge on any atom is -0.378 e. The minimum absolute atomic E-state index is 0.0831. The van der Waals surface area contributed by atoms with Gasteiger partial charge in [-0.05, 0) is 24.3 Å². The molecule has 0 bridgehead atoms. The summed E-state index contributed by atoms with van der Waals surface area (Å²) in [6, 6.07) is 2.64. The number of rotatable bonds is 2. The lowest BCUT2D eigenvalue weighted by atomic mass is 9.95. The molecular formula is C19H23N3O2S2. The molecule has 4 heterocycles. The number of ether oxygens (including phenoxy) is 1. The summed E-state index contributed by atoms with van der Waals surface area (Å²) in [5.41, 5.74) is 3.04. The Morgan fingerprint density at radius 3 is 2.81 bits per heavy atom. The highest BCUT2D eigenvalue weighted by atomic mass is 32.2. The number of thiophene rings is 1. The van der Waals surface area contributed by atoms with E-state index in [2.05, 4.69) is 16.1 Å². The summed E-state index contributed by atoms with van der Waals surface area (Å²) < 4.78 is 7.63. The zero-order chi connectivity index (χ0) is 17.5. The van der Waals surface area contributed by atoms with Crippen molar-refractivity contribution < 1.29 is 9.53 Å². The van der Waals surface area contributed by atoms with E-state index in [9.17, 15) is 4.79 Å². The number of nitrogens with zero attached hydrogens (tertiary/aromatic N) is 3. The van der Waals surface area contributed by atoms with Crippen molar-refractivity contribution >= 4 is 29.0 Å². The lowest BCUT2D eigenvalue weighted by Gasteiger charge is -2.26. The van der Waals surface area contributed by atoms with E-state index in [0.717, 1.165) is 11.3 Å². The normalized spacial score (nSPS) is 20.7. The molecule has 1 aliphatic carbocycles. The molecule has 1 amide bonds. The van der Waals surface area contributed by atoms with Crippen molar-refractivity contribution in [3.63, 3.8) is 0 Å². The average Bonchev–Trinajstić information content (AvgIpc) is 3.33. The first-order chi connectivity index (χ1) is 12.8. The molecule has 0 radical (unpaired) electrons. The maximum atomic E-state index is 13.2. The summed E-state index contributed by atoms with van der Waals surface area (Å²) in [5, 5.41) is 7.11. The second kappa shape index (κ2) is 7.02. The highest BCUT2D eigenvalue weighted by molar-refractivity contribution is 7.99. The number of aromatic nitrogens is 2. The van der Waals surface area contributed by atoms with Gasteiger partial charge in [-0.2, -0.15) is 5.10 Å². The highest BCUT2D eigenvalue weighted by Gasteiger charge is 2.34. The van der Waals surface area contributed by atoms with Crippen LogP contribution in [0.3, 0.4) is 0 Å².